The van der Waals surface area contributed by atoms with Crippen molar-refractivity contribution >= 4 is 28.8 Å². The molecule has 4 heterocycles. The van der Waals surface area contributed by atoms with E-state index in [1.807, 2.05) is 12.1 Å². The molecule has 0 unspecified atom stereocenters. The van der Waals surface area contributed by atoms with Gasteiger partial charge in [0, 0.05) is 25.4 Å². The molecule has 2 aliphatic heterocycles. The maximum Gasteiger partial charge on any atom is 0.335 e. The van der Waals surface area contributed by atoms with Crippen molar-refractivity contribution in [3.63, 3.8) is 0 Å². The van der Waals surface area contributed by atoms with Crippen LogP contribution in [0, 0.1) is 17.1 Å². The second-order valence-electron chi connectivity index (χ2n) is 10.3. The largest absolute Gasteiger partial charge is 0.478 e. The van der Waals surface area contributed by atoms with Crippen LogP contribution in [0.3, 0.4) is 0 Å². The third-order valence-electron chi connectivity index (χ3n) is 7.71. The van der Waals surface area contributed by atoms with Crippen LogP contribution in [0.4, 0.5) is 4.39 Å². The molecule has 0 bridgehead atoms. The van der Waals surface area contributed by atoms with Crippen LogP contribution in [0.15, 0.2) is 53.7 Å². The van der Waals surface area contributed by atoms with Crippen LogP contribution in [0.5, 0.6) is 0 Å². The number of hydrogen-bond acceptors (Lipinski definition) is 7. The van der Waals surface area contributed by atoms with Gasteiger partial charge >= 0.3 is 5.97 Å². The summed E-state index contributed by atoms with van der Waals surface area (Å²) < 4.78 is 24.2. The molecule has 1 N–H and O–H groups in total. The molecule has 0 spiro atoms. The summed E-state index contributed by atoms with van der Waals surface area (Å²) in [5, 5.41) is 24.0. The Balaban J connectivity index is 1.12. The Bertz CT molecular complexity index is 1580. The normalized spacial score (nSPS) is 18.1. The Morgan fingerprint density at radius 2 is 2.00 bits per heavy atom. The standard InChI is InChI=1S/C29H29FN6O3S/c30-24-13-19(15-31)1-2-21(24)18-40-28-5-9-32-36(28)22-6-10-34(11-7-22)17-27-33-25-4-3-20(29(37)38)14-26(25)35(27)16-23-8-12-39-23/h1-5,9,13-14,22-23H,6-8,10-12,16-18H2,(H,37,38)/t23-/m0/s1. The van der Waals surface area contributed by atoms with Crippen LogP contribution in [-0.2, 0) is 23.6 Å². The maximum absolute atomic E-state index is 14.4. The van der Waals surface area contributed by atoms with Gasteiger partial charge in [-0.15, -0.1) is 11.8 Å². The third kappa shape index (κ3) is 5.47. The van der Waals surface area contributed by atoms with Crippen molar-refractivity contribution in [1.29, 1.82) is 5.26 Å². The minimum absolute atomic E-state index is 0.129. The predicted molar refractivity (Wildman–Crippen MR) is 148 cm³/mol. The van der Waals surface area contributed by atoms with E-state index in [2.05, 4.69) is 19.2 Å². The zero-order chi connectivity index (χ0) is 27.6. The van der Waals surface area contributed by atoms with Crippen LogP contribution in [-0.4, -0.2) is 61.1 Å². The monoisotopic (exact) mass is 560 g/mol. The summed E-state index contributed by atoms with van der Waals surface area (Å²) >= 11 is 1.55. The van der Waals surface area contributed by atoms with Gasteiger partial charge in [0.05, 0.1) is 64.7 Å². The van der Waals surface area contributed by atoms with Gasteiger partial charge in [-0.1, -0.05) is 6.07 Å². The number of imidazole rings is 1. The molecular formula is C29H29FN6O3S. The molecule has 0 aliphatic carbocycles. The number of carbonyl (C=O) groups is 1. The molecule has 11 heteroatoms. The number of likely N-dealkylation sites (tertiary alicyclic amines) is 1. The molecular weight excluding hydrogens is 531 g/mol. The van der Waals surface area contributed by atoms with Gasteiger partial charge in [0.2, 0.25) is 0 Å². The molecule has 9 nitrogen and oxygen atoms in total. The number of hydrogen-bond donors (Lipinski definition) is 1. The minimum atomic E-state index is -0.948. The number of benzene rings is 2. The van der Waals surface area contributed by atoms with Crippen LogP contribution < -0.4 is 0 Å². The molecule has 2 aliphatic rings. The third-order valence-corrected chi connectivity index (χ3v) is 8.79. The summed E-state index contributed by atoms with van der Waals surface area (Å²) in [6.45, 7) is 3.86. The summed E-state index contributed by atoms with van der Waals surface area (Å²) in [6, 6.07) is 13.9. The van der Waals surface area contributed by atoms with Crippen molar-refractivity contribution in [2.45, 2.75) is 55.3 Å². The highest BCUT2D eigenvalue weighted by molar-refractivity contribution is 7.98. The quantitative estimate of drug-likeness (QED) is 0.289. The number of thioether (sulfide) groups is 1. The lowest BCUT2D eigenvalue weighted by Crippen LogP contribution is -2.36. The molecule has 2 aromatic carbocycles. The Labute approximate surface area is 235 Å². The zero-order valence-corrected chi connectivity index (χ0v) is 22.7. The lowest BCUT2D eigenvalue weighted by Gasteiger charge is -2.33. The number of rotatable bonds is 9. The number of aromatic nitrogens is 4. The number of carboxylic acid groups (broad SMARTS) is 1. The van der Waals surface area contributed by atoms with E-state index in [-0.39, 0.29) is 23.5 Å². The van der Waals surface area contributed by atoms with Crippen molar-refractivity contribution in [3.05, 3.63) is 77.0 Å². The molecule has 0 amide bonds. The van der Waals surface area contributed by atoms with E-state index < -0.39 is 5.97 Å². The first kappa shape index (κ1) is 26.5. The van der Waals surface area contributed by atoms with Gasteiger partial charge in [-0.25, -0.2) is 14.2 Å². The summed E-state index contributed by atoms with van der Waals surface area (Å²) in [6.07, 6.45) is 4.76. The second kappa shape index (κ2) is 11.4. The first-order valence-corrected chi connectivity index (χ1v) is 14.4. The van der Waals surface area contributed by atoms with Gasteiger partial charge in [-0.3, -0.25) is 9.58 Å². The van der Waals surface area contributed by atoms with Crippen LogP contribution >= 0.6 is 11.8 Å². The van der Waals surface area contributed by atoms with Gasteiger partial charge in [0.25, 0.3) is 0 Å². The number of carboxylic acids is 1. The Kier molecular flexibility index (Phi) is 7.56. The smallest absolute Gasteiger partial charge is 0.335 e. The molecule has 40 heavy (non-hydrogen) atoms. The zero-order valence-electron chi connectivity index (χ0n) is 21.9. The Morgan fingerprint density at radius 3 is 2.70 bits per heavy atom. The number of ether oxygens (including phenoxy) is 1. The molecule has 1 atom stereocenters. The SMILES string of the molecule is N#Cc1ccc(CSc2ccnn2C2CCN(Cc3nc4ccc(C(=O)O)cc4n3C[C@@H]3CCO3)CC2)c(F)c1. The average Bonchev–Trinajstić information content (AvgIpc) is 3.54. The van der Waals surface area contributed by atoms with E-state index in [0.717, 1.165) is 60.8 Å². The van der Waals surface area contributed by atoms with E-state index >= 15 is 0 Å². The number of piperidine rings is 1. The lowest BCUT2D eigenvalue weighted by atomic mass is 10.1. The summed E-state index contributed by atoms with van der Waals surface area (Å²) in [5.74, 6) is 0.0784. The van der Waals surface area contributed by atoms with Gasteiger partial charge < -0.3 is 14.4 Å². The first-order valence-electron chi connectivity index (χ1n) is 13.4. The fraction of sp³-hybridized carbons (Fsp3) is 0.379. The van der Waals surface area contributed by atoms with Crippen molar-refractivity contribution in [2.24, 2.45) is 0 Å². The minimum Gasteiger partial charge on any atom is -0.478 e. The fourth-order valence-corrected chi connectivity index (χ4v) is 6.38. The van der Waals surface area contributed by atoms with E-state index in [1.54, 1.807) is 48.3 Å². The van der Waals surface area contributed by atoms with Crippen molar-refractivity contribution in [1.82, 2.24) is 24.2 Å². The van der Waals surface area contributed by atoms with Gasteiger partial charge in [0.15, 0.2) is 0 Å². The van der Waals surface area contributed by atoms with Gasteiger partial charge in [-0.2, -0.15) is 10.4 Å². The second-order valence-corrected chi connectivity index (χ2v) is 11.3. The average molecular weight is 561 g/mol. The number of aromatic carboxylic acids is 1. The molecule has 6 rings (SSSR count). The van der Waals surface area contributed by atoms with Gasteiger partial charge in [0.1, 0.15) is 11.6 Å². The maximum atomic E-state index is 14.4. The summed E-state index contributed by atoms with van der Waals surface area (Å²) in [7, 11) is 0. The van der Waals surface area contributed by atoms with Crippen LogP contribution in [0.2, 0.25) is 0 Å². The summed E-state index contributed by atoms with van der Waals surface area (Å²) in [5.41, 5.74) is 2.77. The van der Waals surface area contributed by atoms with E-state index in [4.69, 9.17) is 15.0 Å². The molecule has 4 aromatic rings. The highest BCUT2D eigenvalue weighted by atomic mass is 32.2. The Morgan fingerprint density at radius 1 is 1.18 bits per heavy atom. The fourth-order valence-electron chi connectivity index (χ4n) is 5.36. The predicted octanol–water partition coefficient (Wildman–Crippen LogP) is 4.86. The topological polar surface area (TPSA) is 109 Å². The van der Waals surface area contributed by atoms with Crippen molar-refractivity contribution in [3.8, 4) is 6.07 Å². The highest BCUT2D eigenvalue weighted by Gasteiger charge is 2.26. The molecule has 0 saturated carbocycles. The van der Waals surface area contributed by atoms with Crippen molar-refractivity contribution < 1.29 is 19.0 Å². The van der Waals surface area contributed by atoms with Crippen LogP contribution in [0.1, 0.15) is 52.6 Å². The molecule has 206 valence electrons. The van der Waals surface area contributed by atoms with E-state index in [9.17, 15) is 14.3 Å². The van der Waals surface area contributed by atoms with E-state index in [1.165, 1.54) is 6.07 Å². The summed E-state index contributed by atoms with van der Waals surface area (Å²) in [4.78, 5) is 18.8. The highest BCUT2D eigenvalue weighted by Crippen LogP contribution is 2.31. The molecule has 2 aromatic heterocycles. The first-order chi connectivity index (χ1) is 19.5. The number of halogens is 1. The van der Waals surface area contributed by atoms with Gasteiger partial charge in [-0.05, 0) is 61.2 Å². The number of nitriles is 1. The molecule has 2 saturated heterocycles. The van der Waals surface area contributed by atoms with Crippen molar-refractivity contribution in [2.75, 3.05) is 19.7 Å². The van der Waals surface area contributed by atoms with Crippen LogP contribution in [0.25, 0.3) is 11.0 Å². The number of nitrogens with zero attached hydrogens (tertiary/aromatic N) is 6. The molecule has 0 radical (unpaired) electrons. The lowest BCUT2D eigenvalue weighted by molar-refractivity contribution is -0.0592. The number of fused-ring (bicyclic) bond motifs is 1. The van der Waals surface area contributed by atoms with E-state index in [0.29, 0.717) is 30.0 Å². The molecule has 2 fully saturated rings. The Hall–Kier alpha value is -3.72.